The van der Waals surface area contributed by atoms with Crippen molar-refractivity contribution in [3.05, 3.63) is 52.0 Å². The van der Waals surface area contributed by atoms with E-state index in [4.69, 9.17) is 0 Å². The Bertz CT molecular complexity index is 632. The Morgan fingerprint density at radius 1 is 1.30 bits per heavy atom. The summed E-state index contributed by atoms with van der Waals surface area (Å²) >= 11 is 1.66. The fourth-order valence-corrected chi connectivity index (χ4v) is 3.08. The largest absolute Gasteiger partial charge is 0.388 e. The zero-order valence-electron chi connectivity index (χ0n) is 13.9. The van der Waals surface area contributed by atoms with E-state index in [1.807, 2.05) is 35.7 Å². The van der Waals surface area contributed by atoms with Crippen molar-refractivity contribution < 1.29 is 9.90 Å². The van der Waals surface area contributed by atoms with Gasteiger partial charge < -0.3 is 10.4 Å². The van der Waals surface area contributed by atoms with Gasteiger partial charge in [-0.05, 0) is 5.56 Å². The zero-order chi connectivity index (χ0) is 16.9. The quantitative estimate of drug-likeness (QED) is 0.854. The SMILES string of the molecule is CC(C)(C)c1nc(CCNC(=O)CC(O)c2ccccc2)cs1. The highest BCUT2D eigenvalue weighted by molar-refractivity contribution is 7.09. The van der Waals surface area contributed by atoms with Crippen molar-refractivity contribution in [1.82, 2.24) is 10.3 Å². The lowest BCUT2D eigenvalue weighted by Gasteiger charge is -2.13. The standard InChI is InChI=1S/C18H24N2O2S/c1-18(2,3)17-20-14(12-23-17)9-10-19-16(22)11-15(21)13-7-5-4-6-8-13/h4-8,12,15,21H,9-11H2,1-3H3,(H,19,22). The fourth-order valence-electron chi connectivity index (χ4n) is 2.14. The number of rotatable bonds is 6. The predicted molar refractivity (Wildman–Crippen MR) is 93.5 cm³/mol. The molecule has 2 N–H and O–H groups in total. The second-order valence-electron chi connectivity index (χ2n) is 6.62. The van der Waals surface area contributed by atoms with Crippen LogP contribution in [0, 0.1) is 0 Å². The van der Waals surface area contributed by atoms with Crippen LogP contribution < -0.4 is 5.32 Å². The molecule has 0 aliphatic heterocycles. The van der Waals surface area contributed by atoms with Gasteiger partial charge in [0, 0.05) is 23.8 Å². The van der Waals surface area contributed by atoms with Gasteiger partial charge in [0.1, 0.15) is 0 Å². The van der Waals surface area contributed by atoms with E-state index in [1.165, 1.54) is 0 Å². The molecule has 2 aromatic rings. The highest BCUT2D eigenvalue weighted by Crippen LogP contribution is 2.25. The van der Waals surface area contributed by atoms with Gasteiger partial charge in [-0.3, -0.25) is 4.79 Å². The molecule has 2 rings (SSSR count). The summed E-state index contributed by atoms with van der Waals surface area (Å²) in [6.07, 6.45) is 0.0246. The molecule has 0 saturated heterocycles. The summed E-state index contributed by atoms with van der Waals surface area (Å²) in [7, 11) is 0. The lowest BCUT2D eigenvalue weighted by atomic mass is 9.98. The van der Waals surface area contributed by atoms with Crippen LogP contribution in [0.1, 0.15) is 49.6 Å². The summed E-state index contributed by atoms with van der Waals surface area (Å²) in [5.74, 6) is -0.146. The van der Waals surface area contributed by atoms with E-state index in [0.29, 0.717) is 13.0 Å². The number of aromatic nitrogens is 1. The normalized spacial score (nSPS) is 12.9. The second-order valence-corrected chi connectivity index (χ2v) is 7.48. The molecule has 1 heterocycles. The second kappa shape index (κ2) is 7.70. The number of thiazole rings is 1. The topological polar surface area (TPSA) is 62.2 Å². The Kier molecular flexibility index (Phi) is 5.91. The Hall–Kier alpha value is -1.72. The smallest absolute Gasteiger partial charge is 0.222 e. The van der Waals surface area contributed by atoms with Crippen LogP contribution in [0.4, 0.5) is 0 Å². The van der Waals surface area contributed by atoms with Gasteiger partial charge in [-0.15, -0.1) is 11.3 Å². The Morgan fingerprint density at radius 2 is 2.00 bits per heavy atom. The van der Waals surface area contributed by atoms with E-state index >= 15 is 0 Å². The minimum absolute atomic E-state index is 0.0615. The fraction of sp³-hybridized carbons (Fsp3) is 0.444. The molecule has 0 radical (unpaired) electrons. The highest BCUT2D eigenvalue weighted by Gasteiger charge is 2.18. The molecule has 0 fully saturated rings. The van der Waals surface area contributed by atoms with Gasteiger partial charge in [-0.25, -0.2) is 4.98 Å². The van der Waals surface area contributed by atoms with Crippen molar-refractivity contribution in [2.75, 3.05) is 6.54 Å². The average Bonchev–Trinajstić information content (AvgIpc) is 2.97. The summed E-state index contributed by atoms with van der Waals surface area (Å²) < 4.78 is 0. The summed E-state index contributed by atoms with van der Waals surface area (Å²) in [6.45, 7) is 6.96. The van der Waals surface area contributed by atoms with Gasteiger partial charge >= 0.3 is 0 Å². The number of aliphatic hydroxyl groups is 1. The van der Waals surface area contributed by atoms with E-state index in [2.05, 4.69) is 31.1 Å². The van der Waals surface area contributed by atoms with Gasteiger partial charge in [0.15, 0.2) is 0 Å². The summed E-state index contributed by atoms with van der Waals surface area (Å²) in [5.41, 5.74) is 1.83. The molecular weight excluding hydrogens is 308 g/mol. The number of hydrogen-bond acceptors (Lipinski definition) is 4. The van der Waals surface area contributed by atoms with E-state index in [1.54, 1.807) is 11.3 Å². The van der Waals surface area contributed by atoms with Gasteiger partial charge in [0.2, 0.25) is 5.91 Å². The first-order valence-corrected chi connectivity index (χ1v) is 8.69. The van der Waals surface area contributed by atoms with Crippen molar-refractivity contribution in [1.29, 1.82) is 0 Å². The number of nitrogens with one attached hydrogen (secondary N) is 1. The average molecular weight is 332 g/mol. The van der Waals surface area contributed by atoms with Crippen LogP contribution in [-0.2, 0) is 16.6 Å². The lowest BCUT2D eigenvalue weighted by Crippen LogP contribution is -2.27. The predicted octanol–water partition coefficient (Wildman–Crippen LogP) is 3.22. The third-order valence-electron chi connectivity index (χ3n) is 3.46. The third-order valence-corrected chi connectivity index (χ3v) is 4.78. The molecule has 1 amide bonds. The van der Waals surface area contributed by atoms with Crippen molar-refractivity contribution in [2.24, 2.45) is 0 Å². The molecule has 0 bridgehead atoms. The molecule has 5 heteroatoms. The van der Waals surface area contributed by atoms with Crippen molar-refractivity contribution in [3.63, 3.8) is 0 Å². The van der Waals surface area contributed by atoms with Crippen LogP contribution in [0.5, 0.6) is 0 Å². The molecule has 1 atom stereocenters. The van der Waals surface area contributed by atoms with Crippen LogP contribution in [0.25, 0.3) is 0 Å². The molecule has 0 saturated carbocycles. The van der Waals surface area contributed by atoms with Gasteiger partial charge in [0.25, 0.3) is 0 Å². The summed E-state index contributed by atoms with van der Waals surface area (Å²) in [5, 5.41) is 16.0. The minimum atomic E-state index is -0.761. The number of amides is 1. The van der Waals surface area contributed by atoms with E-state index in [-0.39, 0.29) is 17.7 Å². The number of nitrogens with zero attached hydrogens (tertiary/aromatic N) is 1. The molecule has 4 nitrogen and oxygen atoms in total. The molecule has 0 spiro atoms. The van der Waals surface area contributed by atoms with Gasteiger partial charge in [-0.1, -0.05) is 51.1 Å². The number of hydrogen-bond donors (Lipinski definition) is 2. The molecule has 1 aromatic heterocycles. The van der Waals surface area contributed by atoms with Gasteiger partial charge in [-0.2, -0.15) is 0 Å². The van der Waals surface area contributed by atoms with Crippen molar-refractivity contribution in [3.8, 4) is 0 Å². The summed E-state index contributed by atoms with van der Waals surface area (Å²) in [6, 6.07) is 9.23. The van der Waals surface area contributed by atoms with E-state index < -0.39 is 6.10 Å². The molecule has 0 aliphatic carbocycles. The molecule has 1 aromatic carbocycles. The number of carbonyl (C=O) groups excluding carboxylic acids is 1. The lowest BCUT2D eigenvalue weighted by molar-refractivity contribution is -0.123. The first-order valence-electron chi connectivity index (χ1n) is 7.81. The monoisotopic (exact) mass is 332 g/mol. The van der Waals surface area contributed by atoms with Crippen molar-refractivity contribution >= 4 is 17.2 Å². The zero-order valence-corrected chi connectivity index (χ0v) is 14.7. The Balaban J connectivity index is 1.76. The van der Waals surface area contributed by atoms with Crippen LogP contribution >= 0.6 is 11.3 Å². The Labute approximate surface area is 141 Å². The molecule has 0 aliphatic rings. The van der Waals surface area contributed by atoms with Crippen LogP contribution in [0.2, 0.25) is 0 Å². The maximum atomic E-state index is 11.9. The first-order chi connectivity index (χ1) is 10.9. The van der Waals surface area contributed by atoms with E-state index in [9.17, 15) is 9.90 Å². The molecule has 124 valence electrons. The Morgan fingerprint density at radius 3 is 2.61 bits per heavy atom. The minimum Gasteiger partial charge on any atom is -0.388 e. The first kappa shape index (κ1) is 17.6. The molecular formula is C18H24N2O2S. The summed E-state index contributed by atoms with van der Waals surface area (Å²) in [4.78, 5) is 16.5. The highest BCUT2D eigenvalue weighted by atomic mass is 32.1. The van der Waals surface area contributed by atoms with Crippen molar-refractivity contribution in [2.45, 2.75) is 45.1 Å². The maximum absolute atomic E-state index is 11.9. The number of carbonyl (C=O) groups is 1. The number of aliphatic hydroxyl groups excluding tert-OH is 1. The molecule has 1 unspecified atom stereocenters. The van der Waals surface area contributed by atoms with Crippen LogP contribution in [0.15, 0.2) is 35.7 Å². The van der Waals surface area contributed by atoms with Crippen LogP contribution in [-0.4, -0.2) is 22.5 Å². The molecule has 23 heavy (non-hydrogen) atoms. The number of benzene rings is 1. The maximum Gasteiger partial charge on any atom is 0.222 e. The third kappa shape index (κ3) is 5.44. The van der Waals surface area contributed by atoms with Crippen LogP contribution in [0.3, 0.4) is 0 Å². The van der Waals surface area contributed by atoms with E-state index in [0.717, 1.165) is 16.3 Å². The van der Waals surface area contributed by atoms with Gasteiger partial charge in [0.05, 0.1) is 23.2 Å².